The summed E-state index contributed by atoms with van der Waals surface area (Å²) in [5.41, 5.74) is 0.271. The summed E-state index contributed by atoms with van der Waals surface area (Å²) in [6.07, 6.45) is 0. The van der Waals surface area contributed by atoms with Crippen molar-refractivity contribution in [3.05, 3.63) is 38.9 Å². The first-order valence-electron chi connectivity index (χ1n) is 6.10. The molecule has 1 atom stereocenters. The predicted octanol–water partition coefficient (Wildman–Crippen LogP) is 1.11. The number of rotatable bonds is 4. The summed E-state index contributed by atoms with van der Waals surface area (Å²) < 4.78 is 0. The van der Waals surface area contributed by atoms with Crippen LogP contribution >= 0.6 is 11.6 Å². The number of piperazine rings is 1. The molecule has 1 fully saturated rings. The summed E-state index contributed by atoms with van der Waals surface area (Å²) in [6.45, 7) is 1.60. The molecule has 1 unspecified atom stereocenters. The van der Waals surface area contributed by atoms with Crippen LogP contribution in [0.4, 0.5) is 5.69 Å². The highest BCUT2D eigenvalue weighted by atomic mass is 35.5. The van der Waals surface area contributed by atoms with Crippen LogP contribution in [0, 0.1) is 10.1 Å². The van der Waals surface area contributed by atoms with E-state index in [1.807, 2.05) is 0 Å². The summed E-state index contributed by atoms with van der Waals surface area (Å²) in [5.74, 6) is -0.952. The van der Waals surface area contributed by atoms with E-state index in [9.17, 15) is 20.0 Å². The minimum Gasteiger partial charge on any atom is -0.480 e. The topological polar surface area (TPSA) is 95.7 Å². The molecular formula is C12H14ClN3O4. The van der Waals surface area contributed by atoms with Crippen molar-refractivity contribution in [3.8, 4) is 0 Å². The fourth-order valence-electron chi connectivity index (χ4n) is 2.26. The maximum atomic E-state index is 11.2. The maximum Gasteiger partial charge on any atom is 0.322 e. The predicted molar refractivity (Wildman–Crippen MR) is 72.8 cm³/mol. The number of nitrogens with zero attached hydrogens (tertiary/aromatic N) is 2. The molecule has 7 nitrogen and oxygen atoms in total. The van der Waals surface area contributed by atoms with Gasteiger partial charge in [-0.3, -0.25) is 19.8 Å². The molecule has 1 heterocycles. The summed E-state index contributed by atoms with van der Waals surface area (Å²) in [6, 6.07) is 3.75. The second-order valence-electron chi connectivity index (χ2n) is 4.52. The van der Waals surface area contributed by atoms with E-state index >= 15 is 0 Å². The van der Waals surface area contributed by atoms with Crippen molar-refractivity contribution in [2.75, 3.05) is 19.6 Å². The first kappa shape index (κ1) is 14.7. The quantitative estimate of drug-likeness (QED) is 0.638. The highest BCUT2D eigenvalue weighted by Gasteiger charge is 2.30. The molecule has 0 aliphatic carbocycles. The summed E-state index contributed by atoms with van der Waals surface area (Å²) >= 11 is 6.03. The molecule has 0 radical (unpaired) electrons. The van der Waals surface area contributed by atoms with Crippen molar-refractivity contribution < 1.29 is 14.8 Å². The molecule has 0 spiro atoms. The highest BCUT2D eigenvalue weighted by molar-refractivity contribution is 6.31. The molecule has 0 amide bonds. The number of carboxylic acids is 1. The number of hydrogen-bond acceptors (Lipinski definition) is 5. The van der Waals surface area contributed by atoms with E-state index in [2.05, 4.69) is 5.32 Å². The van der Waals surface area contributed by atoms with Gasteiger partial charge in [0.25, 0.3) is 5.69 Å². The molecular weight excluding hydrogens is 286 g/mol. The van der Waals surface area contributed by atoms with Crippen molar-refractivity contribution in [1.82, 2.24) is 10.2 Å². The summed E-state index contributed by atoms with van der Waals surface area (Å²) in [4.78, 5) is 23.4. The maximum absolute atomic E-state index is 11.2. The standard InChI is InChI=1S/C12H14ClN3O4/c13-9-2-1-3-10(16(19)20)8(9)7-15-5-4-14-6-11(15)12(17)18/h1-3,11,14H,4-7H2,(H,17,18). The number of carboxylic acid groups (broad SMARTS) is 1. The Hall–Kier alpha value is -1.70. The molecule has 108 valence electrons. The van der Waals surface area contributed by atoms with Crippen LogP contribution in [0.2, 0.25) is 5.02 Å². The minimum absolute atomic E-state index is 0.0832. The van der Waals surface area contributed by atoms with Crippen LogP contribution in [0.5, 0.6) is 0 Å². The number of hydrogen-bond donors (Lipinski definition) is 2. The SMILES string of the molecule is O=C(O)C1CNCCN1Cc1c(Cl)cccc1[N+](=O)[O-]. The number of nitro groups is 1. The first-order chi connectivity index (χ1) is 9.50. The third kappa shape index (κ3) is 3.06. The van der Waals surface area contributed by atoms with Crippen LogP contribution in [0.3, 0.4) is 0 Å². The first-order valence-corrected chi connectivity index (χ1v) is 6.48. The van der Waals surface area contributed by atoms with Gasteiger partial charge >= 0.3 is 5.97 Å². The molecule has 0 aromatic heterocycles. The number of benzene rings is 1. The van der Waals surface area contributed by atoms with Crippen LogP contribution in [0.15, 0.2) is 18.2 Å². The third-order valence-corrected chi connectivity index (χ3v) is 3.65. The lowest BCUT2D eigenvalue weighted by molar-refractivity contribution is -0.385. The monoisotopic (exact) mass is 299 g/mol. The van der Waals surface area contributed by atoms with Gasteiger partial charge in [0.2, 0.25) is 0 Å². The number of aliphatic carboxylic acids is 1. The van der Waals surface area contributed by atoms with E-state index in [-0.39, 0.29) is 17.3 Å². The van der Waals surface area contributed by atoms with Gasteiger partial charge in [-0.2, -0.15) is 0 Å². The van der Waals surface area contributed by atoms with Gasteiger partial charge in [0, 0.05) is 32.2 Å². The molecule has 20 heavy (non-hydrogen) atoms. The largest absolute Gasteiger partial charge is 0.480 e. The fraction of sp³-hybridized carbons (Fsp3) is 0.417. The van der Waals surface area contributed by atoms with E-state index < -0.39 is 16.9 Å². The van der Waals surface area contributed by atoms with E-state index in [4.69, 9.17) is 11.6 Å². The lowest BCUT2D eigenvalue weighted by Crippen LogP contribution is -2.54. The van der Waals surface area contributed by atoms with E-state index in [1.54, 1.807) is 11.0 Å². The van der Waals surface area contributed by atoms with E-state index in [0.29, 0.717) is 25.2 Å². The van der Waals surface area contributed by atoms with Crippen LogP contribution in [-0.4, -0.2) is 46.6 Å². The molecule has 1 saturated heterocycles. The molecule has 1 aliphatic heterocycles. The van der Waals surface area contributed by atoms with Gasteiger partial charge in [-0.15, -0.1) is 0 Å². The van der Waals surface area contributed by atoms with Crippen LogP contribution in [-0.2, 0) is 11.3 Å². The zero-order valence-corrected chi connectivity index (χ0v) is 11.3. The molecule has 2 N–H and O–H groups in total. The fourth-order valence-corrected chi connectivity index (χ4v) is 2.49. The normalized spacial score (nSPS) is 19.8. The summed E-state index contributed by atoms with van der Waals surface area (Å²) in [5, 5.41) is 23.5. The van der Waals surface area contributed by atoms with Gasteiger partial charge in [0.1, 0.15) is 6.04 Å². The number of halogens is 1. The average molecular weight is 300 g/mol. The van der Waals surface area contributed by atoms with Gasteiger partial charge < -0.3 is 10.4 Å². The molecule has 0 bridgehead atoms. The lowest BCUT2D eigenvalue weighted by Gasteiger charge is -2.33. The second kappa shape index (κ2) is 6.17. The Bertz CT molecular complexity index is 537. The Labute approximate surface area is 120 Å². The molecule has 1 aliphatic rings. The molecule has 1 aromatic rings. The van der Waals surface area contributed by atoms with E-state index in [1.165, 1.54) is 12.1 Å². The van der Waals surface area contributed by atoms with Crippen molar-refractivity contribution in [2.45, 2.75) is 12.6 Å². The lowest BCUT2D eigenvalue weighted by atomic mass is 10.1. The Morgan fingerprint density at radius 2 is 2.35 bits per heavy atom. The van der Waals surface area contributed by atoms with Crippen LogP contribution in [0.25, 0.3) is 0 Å². The summed E-state index contributed by atoms with van der Waals surface area (Å²) in [7, 11) is 0. The Morgan fingerprint density at radius 1 is 1.60 bits per heavy atom. The Morgan fingerprint density at radius 3 is 3.00 bits per heavy atom. The van der Waals surface area contributed by atoms with Gasteiger partial charge in [0.05, 0.1) is 15.5 Å². The van der Waals surface area contributed by atoms with E-state index in [0.717, 1.165) is 0 Å². The smallest absolute Gasteiger partial charge is 0.322 e. The third-order valence-electron chi connectivity index (χ3n) is 3.29. The number of nitrogens with one attached hydrogen (secondary N) is 1. The van der Waals surface area contributed by atoms with Crippen molar-refractivity contribution in [3.63, 3.8) is 0 Å². The van der Waals surface area contributed by atoms with Crippen molar-refractivity contribution >= 4 is 23.3 Å². The molecule has 0 saturated carbocycles. The van der Waals surface area contributed by atoms with Gasteiger partial charge in [-0.05, 0) is 6.07 Å². The van der Waals surface area contributed by atoms with Crippen molar-refractivity contribution in [1.29, 1.82) is 0 Å². The van der Waals surface area contributed by atoms with Gasteiger partial charge in [-0.1, -0.05) is 17.7 Å². The number of nitro benzene ring substituents is 1. The zero-order chi connectivity index (χ0) is 14.7. The minimum atomic E-state index is -0.952. The van der Waals surface area contributed by atoms with Gasteiger partial charge in [0.15, 0.2) is 0 Å². The van der Waals surface area contributed by atoms with Gasteiger partial charge in [-0.25, -0.2) is 0 Å². The van der Waals surface area contributed by atoms with Crippen molar-refractivity contribution in [2.24, 2.45) is 0 Å². The van der Waals surface area contributed by atoms with Crippen LogP contribution in [0.1, 0.15) is 5.56 Å². The molecule has 2 rings (SSSR count). The average Bonchev–Trinajstić information content (AvgIpc) is 2.41. The Kier molecular flexibility index (Phi) is 4.53. The second-order valence-corrected chi connectivity index (χ2v) is 4.93. The highest BCUT2D eigenvalue weighted by Crippen LogP contribution is 2.28. The zero-order valence-electron chi connectivity index (χ0n) is 10.6. The van der Waals surface area contributed by atoms with Crippen LogP contribution < -0.4 is 5.32 Å². The molecule has 8 heteroatoms. The molecule has 1 aromatic carbocycles. The number of carbonyl (C=O) groups is 1. The Balaban J connectivity index is 2.28.